The molecule has 140 valence electrons. The molecular weight excluding hydrogens is 330 g/mol. The largest absolute Gasteiger partial charge is 0.447 e. The summed E-state index contributed by atoms with van der Waals surface area (Å²) in [6.45, 7) is 7.44. The molecule has 0 spiro atoms. The number of cyclic esters (lactones) is 1. The van der Waals surface area contributed by atoms with E-state index in [1.165, 1.54) is 0 Å². The zero-order valence-corrected chi connectivity index (χ0v) is 15.8. The number of amides is 2. The molecule has 0 radical (unpaired) electrons. The first-order valence-corrected chi connectivity index (χ1v) is 8.88. The second-order valence-electron chi connectivity index (χ2n) is 6.78. The standard InChI is InChI=1S/C21H27NO4/c1-5-14(2)11-15(3)19(23)16(4)20(24)22-18(13-26-21(22)25)12-17-9-7-6-8-10-17/h5-11,16,18-19,23H,12-13H2,1-4H3/b14-5+,15-11+/t16-,18-,19+/m0/s1. The molecule has 26 heavy (non-hydrogen) atoms. The van der Waals surface area contributed by atoms with Gasteiger partial charge in [0.25, 0.3) is 0 Å². The third-order valence-electron chi connectivity index (χ3n) is 4.75. The number of benzene rings is 1. The fraction of sp³-hybridized carbons (Fsp3) is 0.429. The highest BCUT2D eigenvalue weighted by atomic mass is 16.6. The van der Waals surface area contributed by atoms with E-state index in [1.54, 1.807) is 13.8 Å². The summed E-state index contributed by atoms with van der Waals surface area (Å²) in [6.07, 6.45) is 2.71. The van der Waals surface area contributed by atoms with Gasteiger partial charge in [0.15, 0.2) is 0 Å². The van der Waals surface area contributed by atoms with Crippen LogP contribution in [-0.2, 0) is 16.0 Å². The number of rotatable bonds is 6. The minimum atomic E-state index is -0.955. The van der Waals surface area contributed by atoms with E-state index in [1.807, 2.05) is 56.3 Å². The average molecular weight is 357 g/mol. The predicted octanol–water partition coefficient (Wildman–Crippen LogP) is 3.49. The quantitative estimate of drug-likeness (QED) is 0.792. The fourth-order valence-corrected chi connectivity index (χ4v) is 3.04. The van der Waals surface area contributed by atoms with Crippen molar-refractivity contribution in [1.82, 2.24) is 4.90 Å². The minimum Gasteiger partial charge on any atom is -0.447 e. The van der Waals surface area contributed by atoms with Gasteiger partial charge in [-0.15, -0.1) is 0 Å². The van der Waals surface area contributed by atoms with E-state index in [0.717, 1.165) is 16.0 Å². The van der Waals surface area contributed by atoms with Crippen molar-refractivity contribution in [3.63, 3.8) is 0 Å². The Hall–Kier alpha value is -2.40. The molecule has 3 atom stereocenters. The Labute approximate surface area is 155 Å². The molecule has 1 N–H and O–H groups in total. The average Bonchev–Trinajstić information content (AvgIpc) is 3.00. The van der Waals surface area contributed by atoms with Gasteiger partial charge in [0, 0.05) is 0 Å². The Kier molecular flexibility index (Phi) is 6.75. The van der Waals surface area contributed by atoms with Gasteiger partial charge in [0.2, 0.25) is 5.91 Å². The van der Waals surface area contributed by atoms with E-state index < -0.39 is 24.0 Å². The Morgan fingerprint density at radius 1 is 1.35 bits per heavy atom. The normalized spacial score (nSPS) is 20.7. The minimum absolute atomic E-state index is 0.175. The number of ether oxygens (including phenoxy) is 1. The number of hydrogen-bond acceptors (Lipinski definition) is 4. The molecule has 2 amide bonds. The summed E-state index contributed by atoms with van der Waals surface area (Å²) >= 11 is 0. The molecule has 1 aliphatic heterocycles. The molecule has 1 aromatic rings. The van der Waals surface area contributed by atoms with Gasteiger partial charge in [-0.1, -0.05) is 55.0 Å². The summed E-state index contributed by atoms with van der Waals surface area (Å²) in [5.41, 5.74) is 2.72. The van der Waals surface area contributed by atoms with Crippen LogP contribution in [0.25, 0.3) is 0 Å². The molecule has 0 saturated carbocycles. The van der Waals surface area contributed by atoms with Crippen molar-refractivity contribution < 1.29 is 19.4 Å². The first-order chi connectivity index (χ1) is 12.3. The fourth-order valence-electron chi connectivity index (χ4n) is 3.04. The molecule has 1 fully saturated rings. The van der Waals surface area contributed by atoms with E-state index >= 15 is 0 Å². The lowest BCUT2D eigenvalue weighted by Crippen LogP contribution is -2.45. The summed E-state index contributed by atoms with van der Waals surface area (Å²) in [6, 6.07) is 9.32. The Morgan fingerprint density at radius 2 is 2.00 bits per heavy atom. The SMILES string of the molecule is C/C=C(C)/C=C(\C)[C@@H](O)[C@H](C)C(=O)N1C(=O)OC[C@@H]1Cc1ccccc1. The maximum absolute atomic E-state index is 12.9. The highest BCUT2D eigenvalue weighted by Gasteiger charge is 2.41. The highest BCUT2D eigenvalue weighted by molar-refractivity contribution is 5.95. The second-order valence-corrected chi connectivity index (χ2v) is 6.78. The lowest BCUT2D eigenvalue weighted by Gasteiger charge is -2.26. The van der Waals surface area contributed by atoms with E-state index in [0.29, 0.717) is 12.0 Å². The maximum Gasteiger partial charge on any atom is 0.416 e. The van der Waals surface area contributed by atoms with Crippen LogP contribution in [-0.4, -0.2) is 40.8 Å². The number of carbonyl (C=O) groups excluding carboxylic acids is 2. The Bertz CT molecular complexity index is 708. The van der Waals surface area contributed by atoms with Crippen LogP contribution in [0.1, 0.15) is 33.3 Å². The van der Waals surface area contributed by atoms with Crippen molar-refractivity contribution in [1.29, 1.82) is 0 Å². The Morgan fingerprint density at radius 3 is 2.62 bits per heavy atom. The summed E-state index contributed by atoms with van der Waals surface area (Å²) in [4.78, 5) is 26.2. The van der Waals surface area contributed by atoms with Gasteiger partial charge in [0.05, 0.1) is 18.1 Å². The van der Waals surface area contributed by atoms with Gasteiger partial charge in [-0.05, 0) is 38.3 Å². The molecule has 0 aromatic heterocycles. The van der Waals surface area contributed by atoms with Crippen molar-refractivity contribution in [3.05, 3.63) is 59.2 Å². The van der Waals surface area contributed by atoms with Gasteiger partial charge < -0.3 is 9.84 Å². The lowest BCUT2D eigenvalue weighted by atomic mass is 9.94. The number of aliphatic hydroxyl groups excluding tert-OH is 1. The van der Waals surface area contributed by atoms with E-state index in [2.05, 4.69) is 0 Å². The molecule has 1 aliphatic rings. The van der Waals surface area contributed by atoms with Crippen LogP contribution in [0.3, 0.4) is 0 Å². The van der Waals surface area contributed by atoms with Crippen LogP contribution in [0.4, 0.5) is 4.79 Å². The van der Waals surface area contributed by atoms with Gasteiger partial charge in [-0.3, -0.25) is 4.79 Å². The van der Waals surface area contributed by atoms with E-state index in [4.69, 9.17) is 4.74 Å². The first kappa shape index (κ1) is 19.9. The highest BCUT2D eigenvalue weighted by Crippen LogP contribution is 2.23. The molecule has 1 aromatic carbocycles. The summed E-state index contributed by atoms with van der Waals surface area (Å²) in [5.74, 6) is -1.15. The number of allylic oxidation sites excluding steroid dienone is 3. The second kappa shape index (κ2) is 8.81. The van der Waals surface area contributed by atoms with Crippen LogP contribution < -0.4 is 0 Å². The van der Waals surface area contributed by atoms with Crippen LogP contribution in [0.5, 0.6) is 0 Å². The number of nitrogens with zero attached hydrogens (tertiary/aromatic N) is 1. The zero-order chi connectivity index (χ0) is 19.3. The van der Waals surface area contributed by atoms with E-state index in [-0.39, 0.29) is 12.6 Å². The number of carbonyl (C=O) groups is 2. The zero-order valence-electron chi connectivity index (χ0n) is 15.8. The third-order valence-corrected chi connectivity index (χ3v) is 4.75. The number of aliphatic hydroxyl groups is 1. The van der Waals surface area contributed by atoms with Crippen molar-refractivity contribution in [2.24, 2.45) is 5.92 Å². The number of imide groups is 1. The van der Waals surface area contributed by atoms with Crippen molar-refractivity contribution in [3.8, 4) is 0 Å². The lowest BCUT2D eigenvalue weighted by molar-refractivity contribution is -0.135. The molecule has 5 nitrogen and oxygen atoms in total. The number of hydrogen-bond donors (Lipinski definition) is 1. The van der Waals surface area contributed by atoms with Gasteiger partial charge in [-0.25, -0.2) is 9.69 Å². The first-order valence-electron chi connectivity index (χ1n) is 8.88. The molecule has 2 rings (SSSR count). The topological polar surface area (TPSA) is 66.8 Å². The van der Waals surface area contributed by atoms with Crippen molar-refractivity contribution in [2.75, 3.05) is 6.61 Å². The monoisotopic (exact) mass is 357 g/mol. The maximum atomic E-state index is 12.9. The molecule has 1 saturated heterocycles. The summed E-state index contributed by atoms with van der Waals surface area (Å²) in [7, 11) is 0. The van der Waals surface area contributed by atoms with Crippen molar-refractivity contribution in [2.45, 2.75) is 46.3 Å². The molecule has 0 aliphatic carbocycles. The van der Waals surface area contributed by atoms with Crippen LogP contribution in [0, 0.1) is 5.92 Å². The van der Waals surface area contributed by atoms with Crippen LogP contribution in [0.15, 0.2) is 53.6 Å². The van der Waals surface area contributed by atoms with E-state index in [9.17, 15) is 14.7 Å². The molecule has 0 unspecified atom stereocenters. The molecular formula is C21H27NO4. The smallest absolute Gasteiger partial charge is 0.416 e. The summed E-state index contributed by atoms with van der Waals surface area (Å²) < 4.78 is 5.10. The predicted molar refractivity (Wildman–Crippen MR) is 100 cm³/mol. The van der Waals surface area contributed by atoms with Gasteiger partial charge >= 0.3 is 6.09 Å². The summed E-state index contributed by atoms with van der Waals surface area (Å²) in [5, 5.41) is 10.5. The van der Waals surface area contributed by atoms with Crippen molar-refractivity contribution >= 4 is 12.0 Å². The van der Waals surface area contributed by atoms with Gasteiger partial charge in [-0.2, -0.15) is 0 Å². The van der Waals surface area contributed by atoms with Gasteiger partial charge in [0.1, 0.15) is 6.61 Å². The van der Waals surface area contributed by atoms with Crippen LogP contribution >= 0.6 is 0 Å². The van der Waals surface area contributed by atoms with Crippen LogP contribution in [0.2, 0.25) is 0 Å². The Balaban J connectivity index is 2.14. The molecule has 5 heteroatoms. The molecule has 0 bridgehead atoms. The molecule has 1 heterocycles. The third kappa shape index (κ3) is 4.61.